The third kappa shape index (κ3) is 15.9. The van der Waals surface area contributed by atoms with E-state index in [0.717, 1.165) is 31.2 Å². The summed E-state index contributed by atoms with van der Waals surface area (Å²) in [5, 5.41) is 33.4. The number of nitro groups is 2. The number of amides is 11. The highest BCUT2D eigenvalue weighted by Crippen LogP contribution is 2.35. The molecule has 0 radical (unpaired) electrons. The Balaban J connectivity index is 0.835. The van der Waals surface area contributed by atoms with E-state index in [9.17, 15) is 68.2 Å². The molecule has 500 valence electrons. The predicted octanol–water partition coefficient (Wildman–Crippen LogP) is 7.19. The maximum atomic E-state index is 15.1. The van der Waals surface area contributed by atoms with Crippen molar-refractivity contribution in [2.24, 2.45) is 5.92 Å². The molecule has 3 heterocycles. The van der Waals surface area contributed by atoms with Crippen molar-refractivity contribution in [3.63, 3.8) is 0 Å². The first kappa shape index (κ1) is 69.3. The third-order valence-electron chi connectivity index (χ3n) is 17.2. The van der Waals surface area contributed by atoms with Gasteiger partial charge in [0.15, 0.2) is 0 Å². The largest absolute Gasteiger partial charge is 0.445 e. The maximum absolute atomic E-state index is 15.1. The number of carbonyl (C=O) groups excluding carboxylic acids is 11. The molecule has 0 bridgehead atoms. The molecule has 0 spiro atoms. The fraction of sp³-hybridized carbons (Fsp3) is 0.348. The van der Waals surface area contributed by atoms with Crippen LogP contribution in [0.25, 0.3) is 21.5 Å². The van der Waals surface area contributed by atoms with Crippen LogP contribution >= 0.6 is 0 Å². The minimum absolute atomic E-state index is 0.00683. The molecule has 0 saturated carbocycles. The average Bonchev–Trinajstić information content (AvgIpc) is 1.40. The SMILES string of the molecule is CCN(CCCN(CCN1C(=O)c2cccc3cc([N+](=O)[O-])cc(c23)C1=O)C(=O)[C@@H](C(C)C)N(C)C(=O)OCc1ccc(NC(=O)[C@H](Cc2ccccc2)NC(=O)[C@H](C)NC(=O)CCCCCN2C(=O)C=CC2=O)cc1)CCN1C(=O)c2cccc3cc([N+](=O)[O-])cc(c23)C1=O. The highest BCUT2D eigenvalue weighted by molar-refractivity contribution is 6.27. The van der Waals surface area contributed by atoms with Gasteiger partial charge in [0.05, 0.1) is 21.0 Å². The normalized spacial score (nSPS) is 14.3. The van der Waals surface area contributed by atoms with Crippen LogP contribution in [0.3, 0.4) is 0 Å². The molecule has 6 aromatic rings. The van der Waals surface area contributed by atoms with Crippen LogP contribution in [0.1, 0.15) is 112 Å². The lowest BCUT2D eigenvalue weighted by Crippen LogP contribution is -2.54. The number of hydrogen-bond donors (Lipinski definition) is 3. The number of anilines is 1. The number of imide groups is 3. The minimum Gasteiger partial charge on any atom is -0.445 e. The number of nitro benzene ring substituents is 2. The summed E-state index contributed by atoms with van der Waals surface area (Å²) < 4.78 is 5.76. The van der Waals surface area contributed by atoms with Gasteiger partial charge in [0.25, 0.3) is 46.8 Å². The average molecular weight is 1310 g/mol. The van der Waals surface area contributed by atoms with Crippen molar-refractivity contribution < 1.29 is 67.3 Å². The van der Waals surface area contributed by atoms with E-state index in [-0.39, 0.29) is 116 Å². The second kappa shape index (κ2) is 30.8. The van der Waals surface area contributed by atoms with Gasteiger partial charge in [-0.05, 0) is 91.4 Å². The number of nitrogens with zero attached hydrogens (tertiary/aromatic N) is 8. The Bertz CT molecular complexity index is 4100. The Morgan fingerprint density at radius 1 is 0.573 bits per heavy atom. The van der Waals surface area contributed by atoms with E-state index < -0.39 is 87.2 Å². The van der Waals surface area contributed by atoms with Crippen molar-refractivity contribution in [1.29, 1.82) is 0 Å². The van der Waals surface area contributed by atoms with Crippen LogP contribution in [-0.4, -0.2) is 182 Å². The molecule has 96 heavy (non-hydrogen) atoms. The van der Waals surface area contributed by atoms with Crippen molar-refractivity contribution in [1.82, 2.24) is 40.0 Å². The molecular weight excluding hydrogens is 1240 g/mol. The van der Waals surface area contributed by atoms with Crippen molar-refractivity contribution in [3.8, 4) is 0 Å². The predicted molar refractivity (Wildman–Crippen MR) is 351 cm³/mol. The summed E-state index contributed by atoms with van der Waals surface area (Å²) in [5.74, 6) is -6.14. The molecule has 6 aromatic carbocycles. The van der Waals surface area contributed by atoms with E-state index >= 15 is 4.79 Å². The lowest BCUT2D eigenvalue weighted by Gasteiger charge is -2.36. The van der Waals surface area contributed by atoms with Gasteiger partial charge < -0.3 is 30.5 Å². The molecule has 3 aliphatic rings. The molecule has 3 aliphatic heterocycles. The second-order valence-electron chi connectivity index (χ2n) is 24.0. The van der Waals surface area contributed by atoms with Gasteiger partial charge in [0.2, 0.25) is 23.6 Å². The standard InChI is InChI=1S/C69H73N11O16/c1-6-74(32-34-77-64(86)51-20-13-18-46-37-49(79(92)93)39-53(59(46)51)66(77)88)29-15-30-75(33-35-78-65(87)52-21-14-19-47-38-50(80(94)95)40-54(60(47)52)67(78)89)68(90)61(42(2)3)73(5)69(91)96-41-45-23-25-48(26-24-45)71-63(85)55(36-44-16-9-7-10-17-44)72-62(84)43(4)70-56(81)22-11-8-12-31-76-57(82)27-28-58(76)83/h7,9-10,13-14,16-21,23-28,37-40,42-43,55,61H,6,8,11-12,15,22,29-36,41H2,1-5H3,(H,70,81)(H,71,85)(H,72,84)/t43-,55-,61+/m0/s1. The third-order valence-corrected chi connectivity index (χ3v) is 17.2. The van der Waals surface area contributed by atoms with Gasteiger partial charge in [-0.25, -0.2) is 4.79 Å². The molecule has 0 unspecified atom stereocenters. The van der Waals surface area contributed by atoms with E-state index in [1.807, 2.05) is 17.9 Å². The molecule has 0 saturated heterocycles. The first-order valence-corrected chi connectivity index (χ1v) is 31.6. The quantitative estimate of drug-likeness (QED) is 0.0168. The van der Waals surface area contributed by atoms with Gasteiger partial charge in [-0.3, -0.25) is 87.8 Å². The smallest absolute Gasteiger partial charge is 0.410 e. The molecule has 27 heteroatoms. The Kier molecular flexibility index (Phi) is 22.2. The van der Waals surface area contributed by atoms with Crippen molar-refractivity contribution >= 4 is 104 Å². The summed E-state index contributed by atoms with van der Waals surface area (Å²) in [6.45, 7) is 7.01. The van der Waals surface area contributed by atoms with Crippen molar-refractivity contribution in [3.05, 3.63) is 181 Å². The lowest BCUT2D eigenvalue weighted by atomic mass is 9.93. The zero-order valence-electron chi connectivity index (χ0n) is 53.7. The summed E-state index contributed by atoms with van der Waals surface area (Å²) in [7, 11) is 1.40. The van der Waals surface area contributed by atoms with Crippen LogP contribution in [0.5, 0.6) is 0 Å². The summed E-state index contributed by atoms with van der Waals surface area (Å²) in [5.41, 5.74) is 1.26. The molecule has 3 N–H and O–H groups in total. The summed E-state index contributed by atoms with van der Waals surface area (Å²) in [4.78, 5) is 179. The van der Waals surface area contributed by atoms with Gasteiger partial charge in [-0.15, -0.1) is 0 Å². The van der Waals surface area contributed by atoms with Gasteiger partial charge in [-0.2, -0.15) is 0 Å². The van der Waals surface area contributed by atoms with E-state index in [0.29, 0.717) is 59.8 Å². The fourth-order valence-electron chi connectivity index (χ4n) is 12.1. The number of ether oxygens (including phenoxy) is 1. The van der Waals surface area contributed by atoms with Crippen molar-refractivity contribution in [2.75, 3.05) is 64.7 Å². The van der Waals surface area contributed by atoms with Crippen LogP contribution in [0.4, 0.5) is 21.9 Å². The van der Waals surface area contributed by atoms with E-state index in [1.165, 1.54) is 55.3 Å². The Labute approximate surface area is 551 Å². The highest BCUT2D eigenvalue weighted by atomic mass is 16.6. The Morgan fingerprint density at radius 3 is 1.69 bits per heavy atom. The monoisotopic (exact) mass is 1310 g/mol. The number of non-ortho nitro benzene ring substituents is 2. The number of carbonyl (C=O) groups is 11. The highest BCUT2D eigenvalue weighted by Gasteiger charge is 2.39. The second-order valence-corrected chi connectivity index (χ2v) is 24.0. The zero-order chi connectivity index (χ0) is 69.1. The number of likely N-dealkylation sites (N-methyl/N-ethyl adjacent to an activating group) is 2. The number of rotatable bonds is 31. The lowest BCUT2D eigenvalue weighted by molar-refractivity contribution is -0.384. The number of unbranched alkanes of at least 4 members (excludes halogenated alkanes) is 2. The van der Waals surface area contributed by atoms with Crippen LogP contribution in [0, 0.1) is 26.1 Å². The zero-order valence-corrected chi connectivity index (χ0v) is 53.7. The molecule has 11 amide bonds. The van der Waals surface area contributed by atoms with Crippen LogP contribution in [-0.2, 0) is 46.5 Å². The van der Waals surface area contributed by atoms with Crippen LogP contribution < -0.4 is 16.0 Å². The summed E-state index contributed by atoms with van der Waals surface area (Å²) in [6, 6.07) is 26.4. The fourth-order valence-corrected chi connectivity index (χ4v) is 12.1. The van der Waals surface area contributed by atoms with Crippen LogP contribution in [0.2, 0.25) is 0 Å². The number of nitrogens with one attached hydrogen (secondary N) is 3. The van der Waals surface area contributed by atoms with E-state index in [1.54, 1.807) is 92.7 Å². The molecule has 3 atom stereocenters. The van der Waals surface area contributed by atoms with E-state index in [4.69, 9.17) is 4.74 Å². The summed E-state index contributed by atoms with van der Waals surface area (Å²) >= 11 is 0. The maximum Gasteiger partial charge on any atom is 0.410 e. The molecule has 0 fully saturated rings. The topological polar surface area (TPSA) is 339 Å². The molecule has 27 nitrogen and oxygen atoms in total. The van der Waals surface area contributed by atoms with Gasteiger partial charge in [0.1, 0.15) is 24.7 Å². The molecule has 0 aromatic heterocycles. The first-order chi connectivity index (χ1) is 45.9. The summed E-state index contributed by atoms with van der Waals surface area (Å²) in [6.07, 6.45) is 3.52. The first-order valence-electron chi connectivity index (χ1n) is 31.6. The Morgan fingerprint density at radius 2 is 1.14 bits per heavy atom. The van der Waals surface area contributed by atoms with Crippen LogP contribution in [0.15, 0.2) is 127 Å². The van der Waals surface area contributed by atoms with Gasteiger partial charge >= 0.3 is 6.09 Å². The van der Waals surface area contributed by atoms with Gasteiger partial charge in [-0.1, -0.05) is 93.9 Å². The molecular formula is C69H73N11O16. The van der Waals surface area contributed by atoms with E-state index in [2.05, 4.69) is 16.0 Å². The van der Waals surface area contributed by atoms with Crippen molar-refractivity contribution in [2.45, 2.75) is 91.0 Å². The Hall–Kier alpha value is -11.1. The molecule has 9 rings (SSSR count). The number of hydrogen-bond acceptors (Lipinski definition) is 17. The molecule has 0 aliphatic carbocycles. The van der Waals surface area contributed by atoms with Gasteiger partial charge in [0, 0.05) is 123 Å². The minimum atomic E-state index is -1.17. The number of benzene rings is 6.